The molecule has 32 heavy (non-hydrogen) atoms. The van der Waals surface area contributed by atoms with Crippen LogP contribution < -0.4 is 10.1 Å². The van der Waals surface area contributed by atoms with E-state index in [9.17, 15) is 0 Å². The predicted octanol–water partition coefficient (Wildman–Crippen LogP) is 4.24. The van der Waals surface area contributed by atoms with Crippen LogP contribution in [-0.4, -0.2) is 75.4 Å². The molecule has 0 radical (unpaired) electrons. The number of hydrogen-bond acceptors (Lipinski definition) is 4. The van der Waals surface area contributed by atoms with Crippen molar-refractivity contribution >= 4 is 29.9 Å². The molecule has 0 amide bonds. The number of likely N-dealkylation sites (N-methyl/N-ethyl adjacent to an activating group) is 1. The van der Waals surface area contributed by atoms with Crippen molar-refractivity contribution in [3.8, 4) is 5.75 Å². The van der Waals surface area contributed by atoms with Crippen molar-refractivity contribution in [2.45, 2.75) is 52.1 Å². The molecular formula is C25H43IN4O2. The van der Waals surface area contributed by atoms with Crippen molar-refractivity contribution in [2.24, 2.45) is 16.8 Å². The summed E-state index contributed by atoms with van der Waals surface area (Å²) in [4.78, 5) is 9.33. The van der Waals surface area contributed by atoms with E-state index in [2.05, 4.69) is 59.2 Å². The zero-order chi connectivity index (χ0) is 22.1. The molecule has 2 fully saturated rings. The molecule has 2 aliphatic heterocycles. The van der Waals surface area contributed by atoms with Crippen molar-refractivity contribution in [3.63, 3.8) is 0 Å². The highest BCUT2D eigenvalue weighted by molar-refractivity contribution is 14.0. The van der Waals surface area contributed by atoms with Gasteiger partial charge in [0.25, 0.3) is 0 Å². The summed E-state index contributed by atoms with van der Waals surface area (Å²) in [5, 5.41) is 3.55. The lowest BCUT2D eigenvalue weighted by molar-refractivity contribution is 0.0392. The van der Waals surface area contributed by atoms with Crippen LogP contribution in [-0.2, 0) is 11.3 Å². The first-order valence-electron chi connectivity index (χ1n) is 12.0. The van der Waals surface area contributed by atoms with Crippen LogP contribution in [0.25, 0.3) is 0 Å². The van der Waals surface area contributed by atoms with Crippen LogP contribution in [0.4, 0.5) is 0 Å². The number of rotatable bonds is 9. The van der Waals surface area contributed by atoms with Crippen molar-refractivity contribution in [3.05, 3.63) is 29.8 Å². The zero-order valence-corrected chi connectivity index (χ0v) is 22.7. The molecule has 3 rings (SSSR count). The van der Waals surface area contributed by atoms with E-state index in [0.717, 1.165) is 75.8 Å². The number of benzene rings is 1. The fraction of sp³-hybridized carbons (Fsp3) is 0.720. The minimum absolute atomic E-state index is 0. The molecule has 1 aromatic carbocycles. The van der Waals surface area contributed by atoms with Crippen LogP contribution in [0.2, 0.25) is 0 Å². The molecule has 0 saturated carbocycles. The smallest absolute Gasteiger partial charge is 0.193 e. The van der Waals surface area contributed by atoms with E-state index in [4.69, 9.17) is 9.47 Å². The van der Waals surface area contributed by atoms with E-state index in [1.807, 2.05) is 13.1 Å². The number of ether oxygens (including phenoxy) is 2. The van der Waals surface area contributed by atoms with E-state index >= 15 is 0 Å². The molecule has 182 valence electrons. The minimum atomic E-state index is 0. The van der Waals surface area contributed by atoms with Crippen molar-refractivity contribution in [1.82, 2.24) is 15.1 Å². The monoisotopic (exact) mass is 558 g/mol. The summed E-state index contributed by atoms with van der Waals surface area (Å²) in [6.45, 7) is 11.0. The van der Waals surface area contributed by atoms with Gasteiger partial charge in [0.2, 0.25) is 0 Å². The Morgan fingerprint density at radius 3 is 2.78 bits per heavy atom. The van der Waals surface area contributed by atoms with Gasteiger partial charge in [-0.2, -0.15) is 0 Å². The van der Waals surface area contributed by atoms with E-state index in [1.54, 1.807) is 0 Å². The molecule has 1 atom stereocenters. The summed E-state index contributed by atoms with van der Waals surface area (Å²) in [5.41, 5.74) is 1.22. The van der Waals surface area contributed by atoms with Crippen molar-refractivity contribution in [2.75, 3.05) is 53.6 Å². The third-order valence-electron chi connectivity index (χ3n) is 6.48. The highest BCUT2D eigenvalue weighted by atomic mass is 127. The zero-order valence-electron chi connectivity index (χ0n) is 20.4. The molecule has 1 unspecified atom stereocenters. The Bertz CT molecular complexity index is 694. The molecule has 2 heterocycles. The van der Waals surface area contributed by atoms with Gasteiger partial charge in [-0.25, -0.2) is 0 Å². The Morgan fingerprint density at radius 2 is 2.06 bits per heavy atom. The van der Waals surface area contributed by atoms with Gasteiger partial charge in [-0.3, -0.25) is 9.89 Å². The van der Waals surface area contributed by atoms with E-state index in [-0.39, 0.29) is 24.0 Å². The van der Waals surface area contributed by atoms with Gasteiger partial charge in [-0.1, -0.05) is 26.0 Å². The molecule has 7 heteroatoms. The lowest BCUT2D eigenvalue weighted by Gasteiger charge is -2.31. The van der Waals surface area contributed by atoms with Crippen LogP contribution in [0.1, 0.15) is 45.1 Å². The standard InChI is InChI=1S/C25H42N4O2.HI/c1-20(2)16-22-8-11-29(19-22)25(26-3)27-18-21-6-5-7-24(17-21)31-15-12-28(4)23-9-13-30-14-10-23;/h5-7,17,20,22-23H,8-16,18-19H2,1-4H3,(H,26,27);1H. The van der Waals surface area contributed by atoms with Crippen LogP contribution >= 0.6 is 24.0 Å². The first-order valence-corrected chi connectivity index (χ1v) is 12.0. The molecule has 0 spiro atoms. The number of nitrogens with one attached hydrogen (secondary N) is 1. The lowest BCUT2D eigenvalue weighted by atomic mass is 9.97. The topological polar surface area (TPSA) is 49.3 Å². The second-order valence-electron chi connectivity index (χ2n) is 9.45. The summed E-state index contributed by atoms with van der Waals surface area (Å²) in [6.07, 6.45) is 4.81. The van der Waals surface area contributed by atoms with Crippen LogP contribution in [0.3, 0.4) is 0 Å². The van der Waals surface area contributed by atoms with E-state index < -0.39 is 0 Å². The maximum atomic E-state index is 6.05. The number of nitrogens with zero attached hydrogens (tertiary/aromatic N) is 3. The van der Waals surface area contributed by atoms with Gasteiger partial charge in [-0.15, -0.1) is 24.0 Å². The molecule has 2 saturated heterocycles. The normalized spacial score (nSPS) is 20.0. The molecule has 0 bridgehead atoms. The Balaban J connectivity index is 0.00000363. The van der Waals surface area contributed by atoms with Gasteiger partial charge in [0.15, 0.2) is 5.96 Å². The van der Waals surface area contributed by atoms with Gasteiger partial charge in [0.1, 0.15) is 12.4 Å². The largest absolute Gasteiger partial charge is 0.492 e. The third-order valence-corrected chi connectivity index (χ3v) is 6.48. The number of guanidine groups is 1. The highest BCUT2D eigenvalue weighted by Crippen LogP contribution is 2.23. The second-order valence-corrected chi connectivity index (χ2v) is 9.45. The quantitative estimate of drug-likeness (QED) is 0.279. The molecule has 2 aliphatic rings. The first kappa shape index (κ1) is 27.2. The molecule has 1 aromatic rings. The van der Waals surface area contributed by atoms with Crippen molar-refractivity contribution < 1.29 is 9.47 Å². The molecule has 6 nitrogen and oxygen atoms in total. The number of halogens is 1. The lowest BCUT2D eigenvalue weighted by Crippen LogP contribution is -2.39. The summed E-state index contributed by atoms with van der Waals surface area (Å²) in [7, 11) is 4.07. The second kappa shape index (κ2) is 14.3. The van der Waals surface area contributed by atoms with Crippen LogP contribution in [0, 0.1) is 11.8 Å². The van der Waals surface area contributed by atoms with E-state index in [0.29, 0.717) is 12.6 Å². The molecule has 1 N–H and O–H groups in total. The Kier molecular flexibility index (Phi) is 12.1. The molecule has 0 aliphatic carbocycles. The molecule has 0 aromatic heterocycles. The van der Waals surface area contributed by atoms with Gasteiger partial charge >= 0.3 is 0 Å². The maximum Gasteiger partial charge on any atom is 0.193 e. The summed E-state index contributed by atoms with van der Waals surface area (Å²) >= 11 is 0. The maximum absolute atomic E-state index is 6.05. The SMILES string of the molecule is CN=C(NCc1cccc(OCCN(C)C2CCOCC2)c1)N1CCC(CC(C)C)C1.I. The third kappa shape index (κ3) is 8.71. The summed E-state index contributed by atoms with van der Waals surface area (Å²) in [6, 6.07) is 9.02. The fourth-order valence-corrected chi connectivity index (χ4v) is 4.76. The van der Waals surface area contributed by atoms with Gasteiger partial charge < -0.3 is 19.7 Å². The summed E-state index contributed by atoms with van der Waals surface area (Å²) in [5.74, 6) is 3.50. The molecular weight excluding hydrogens is 515 g/mol. The summed E-state index contributed by atoms with van der Waals surface area (Å²) < 4.78 is 11.5. The van der Waals surface area contributed by atoms with Gasteiger partial charge in [0.05, 0.1) is 0 Å². The number of hydrogen-bond donors (Lipinski definition) is 1. The van der Waals surface area contributed by atoms with Crippen LogP contribution in [0.5, 0.6) is 5.75 Å². The van der Waals surface area contributed by atoms with E-state index in [1.165, 1.54) is 18.4 Å². The first-order chi connectivity index (χ1) is 15.0. The predicted molar refractivity (Wildman–Crippen MR) is 143 cm³/mol. The fourth-order valence-electron chi connectivity index (χ4n) is 4.76. The van der Waals surface area contributed by atoms with Crippen molar-refractivity contribution in [1.29, 1.82) is 0 Å². The average molecular weight is 559 g/mol. The Labute approximate surface area is 212 Å². The Morgan fingerprint density at radius 1 is 1.28 bits per heavy atom. The van der Waals surface area contributed by atoms with Crippen LogP contribution in [0.15, 0.2) is 29.3 Å². The van der Waals surface area contributed by atoms with Gasteiger partial charge in [0, 0.05) is 52.5 Å². The number of aliphatic imine (C=N–C) groups is 1. The number of likely N-dealkylation sites (tertiary alicyclic amines) is 1. The highest BCUT2D eigenvalue weighted by Gasteiger charge is 2.25. The minimum Gasteiger partial charge on any atom is -0.492 e. The van der Waals surface area contributed by atoms with Gasteiger partial charge in [-0.05, 0) is 62.3 Å². The Hall–Kier alpha value is -1.06. The average Bonchev–Trinajstić information content (AvgIpc) is 3.22.